The van der Waals surface area contributed by atoms with Gasteiger partial charge in [-0.1, -0.05) is 54.1 Å². The molecule has 0 aliphatic carbocycles. The van der Waals surface area contributed by atoms with E-state index in [4.69, 9.17) is 16.3 Å². The lowest BCUT2D eigenvalue weighted by Gasteiger charge is -2.19. The zero-order chi connectivity index (χ0) is 18.3. The molecule has 0 unspecified atom stereocenters. The second-order valence-electron chi connectivity index (χ2n) is 6.85. The maximum Gasteiger partial charge on any atom is 0.315 e. The van der Waals surface area contributed by atoms with Gasteiger partial charge in [0.05, 0.1) is 12.2 Å². The Morgan fingerprint density at radius 1 is 1.00 bits per heavy atom. The summed E-state index contributed by atoms with van der Waals surface area (Å²) in [6.07, 6.45) is 0. The van der Waals surface area contributed by atoms with Gasteiger partial charge in [-0.3, -0.25) is 0 Å². The molecule has 0 saturated carbocycles. The number of halogens is 1. The number of ether oxygens (including phenoxy) is 1. The predicted octanol–water partition coefficient (Wildman–Crippen LogP) is 4.65. The van der Waals surface area contributed by atoms with Gasteiger partial charge in [-0.15, -0.1) is 0 Å². The summed E-state index contributed by atoms with van der Waals surface area (Å²) in [6.45, 7) is 7.49. The van der Waals surface area contributed by atoms with Crippen LogP contribution in [-0.4, -0.2) is 11.6 Å². The fourth-order valence-corrected chi connectivity index (χ4v) is 2.39. The Kier molecular flexibility index (Phi) is 6.85. The number of amides is 2. The highest BCUT2D eigenvalue weighted by Gasteiger charge is 2.10. The van der Waals surface area contributed by atoms with Crippen molar-refractivity contribution in [3.63, 3.8) is 0 Å². The first-order valence-electron chi connectivity index (χ1n) is 8.30. The van der Waals surface area contributed by atoms with Crippen LogP contribution in [0.5, 0.6) is 0 Å². The monoisotopic (exact) mass is 360 g/mol. The number of nitrogens with one attached hydrogen (secondary N) is 2. The van der Waals surface area contributed by atoms with Crippen LogP contribution >= 0.6 is 11.6 Å². The van der Waals surface area contributed by atoms with Crippen LogP contribution in [-0.2, 0) is 24.4 Å². The van der Waals surface area contributed by atoms with Gasteiger partial charge in [-0.05, 0) is 43.5 Å². The lowest BCUT2D eigenvalue weighted by molar-refractivity contribution is -0.0149. The Hall–Kier alpha value is -2.04. The van der Waals surface area contributed by atoms with Crippen LogP contribution in [0.3, 0.4) is 0 Å². The van der Waals surface area contributed by atoms with E-state index in [-0.39, 0.29) is 11.6 Å². The summed E-state index contributed by atoms with van der Waals surface area (Å²) in [4.78, 5) is 12.0. The summed E-state index contributed by atoms with van der Waals surface area (Å²) in [5, 5.41) is 6.31. The quantitative estimate of drug-likeness (QED) is 0.787. The van der Waals surface area contributed by atoms with Gasteiger partial charge < -0.3 is 15.4 Å². The summed E-state index contributed by atoms with van der Waals surface area (Å²) < 4.78 is 5.78. The molecule has 0 heterocycles. The Morgan fingerprint density at radius 2 is 1.68 bits per heavy atom. The third-order valence-electron chi connectivity index (χ3n) is 3.51. The van der Waals surface area contributed by atoms with Crippen molar-refractivity contribution in [1.29, 1.82) is 0 Å². The number of carbonyl (C=O) groups excluding carboxylic acids is 1. The third kappa shape index (κ3) is 7.16. The Balaban J connectivity index is 1.80. The van der Waals surface area contributed by atoms with E-state index in [1.807, 2.05) is 69.3 Å². The summed E-state index contributed by atoms with van der Waals surface area (Å²) >= 11 is 6.08. The fraction of sp³-hybridized carbons (Fsp3) is 0.350. The topological polar surface area (TPSA) is 50.4 Å². The number of benzene rings is 2. The van der Waals surface area contributed by atoms with Crippen LogP contribution in [0, 0.1) is 0 Å². The molecule has 4 nitrogen and oxygen atoms in total. The minimum Gasteiger partial charge on any atom is -0.371 e. The van der Waals surface area contributed by atoms with E-state index in [1.54, 1.807) is 0 Å². The Morgan fingerprint density at radius 3 is 2.40 bits per heavy atom. The third-order valence-corrected chi connectivity index (χ3v) is 3.88. The molecule has 0 fully saturated rings. The molecule has 0 saturated heterocycles. The van der Waals surface area contributed by atoms with Gasteiger partial charge in [0.2, 0.25) is 0 Å². The number of rotatable bonds is 6. The minimum atomic E-state index is -0.226. The minimum absolute atomic E-state index is 0.174. The zero-order valence-corrected chi connectivity index (χ0v) is 15.7. The summed E-state index contributed by atoms with van der Waals surface area (Å²) in [7, 11) is 0. The second kappa shape index (κ2) is 8.88. The van der Waals surface area contributed by atoms with Gasteiger partial charge in [0.25, 0.3) is 0 Å². The van der Waals surface area contributed by atoms with Gasteiger partial charge in [0.15, 0.2) is 0 Å². The molecule has 2 aromatic carbocycles. The van der Waals surface area contributed by atoms with Gasteiger partial charge in [0, 0.05) is 18.1 Å². The van der Waals surface area contributed by atoms with Gasteiger partial charge in [0.1, 0.15) is 0 Å². The highest BCUT2D eigenvalue weighted by Crippen LogP contribution is 2.14. The van der Waals surface area contributed by atoms with Gasteiger partial charge >= 0.3 is 6.03 Å². The van der Waals surface area contributed by atoms with Crippen molar-refractivity contribution >= 4 is 17.6 Å². The largest absolute Gasteiger partial charge is 0.371 e. The maximum absolute atomic E-state index is 12.0. The molecule has 0 aliphatic heterocycles. The standard InChI is InChI=1S/C20H25ClN2O2/c1-20(2,3)25-14-16-8-6-7-15(11-16)12-22-19(24)23-13-17-9-4-5-10-18(17)21/h4-11H,12-14H2,1-3H3,(H2,22,23,24). The fourth-order valence-electron chi connectivity index (χ4n) is 2.19. The lowest BCUT2D eigenvalue weighted by Crippen LogP contribution is -2.34. The molecule has 2 rings (SSSR count). The van der Waals surface area contributed by atoms with Gasteiger partial charge in [-0.2, -0.15) is 0 Å². The van der Waals surface area contributed by atoms with Crippen LogP contribution in [0.15, 0.2) is 48.5 Å². The summed E-state index contributed by atoms with van der Waals surface area (Å²) in [6, 6.07) is 15.2. The van der Waals surface area contributed by atoms with E-state index in [1.165, 1.54) is 0 Å². The summed E-state index contributed by atoms with van der Waals surface area (Å²) in [5.74, 6) is 0. The molecular weight excluding hydrogens is 336 g/mol. The van der Waals surface area contributed by atoms with Crippen molar-refractivity contribution in [2.24, 2.45) is 0 Å². The highest BCUT2D eigenvalue weighted by atomic mass is 35.5. The average molecular weight is 361 g/mol. The molecule has 0 spiro atoms. The molecular formula is C20H25ClN2O2. The molecule has 25 heavy (non-hydrogen) atoms. The predicted molar refractivity (Wildman–Crippen MR) is 102 cm³/mol. The molecule has 5 heteroatoms. The second-order valence-corrected chi connectivity index (χ2v) is 7.26. The van der Waals surface area contributed by atoms with Crippen LogP contribution in [0.4, 0.5) is 4.79 Å². The Labute approximate surface area is 154 Å². The molecule has 0 aromatic heterocycles. The molecule has 0 bridgehead atoms. The molecule has 0 atom stereocenters. The van der Waals surface area contributed by atoms with E-state index in [9.17, 15) is 4.79 Å². The number of urea groups is 1. The van der Waals surface area contributed by atoms with Crippen molar-refractivity contribution in [1.82, 2.24) is 10.6 Å². The van der Waals surface area contributed by atoms with Gasteiger partial charge in [-0.25, -0.2) is 4.79 Å². The van der Waals surface area contributed by atoms with Crippen LogP contribution in [0.1, 0.15) is 37.5 Å². The first-order chi connectivity index (χ1) is 11.8. The van der Waals surface area contributed by atoms with E-state index >= 15 is 0 Å². The van der Waals surface area contributed by atoms with Crippen molar-refractivity contribution in [2.75, 3.05) is 0 Å². The Bertz CT molecular complexity index is 711. The average Bonchev–Trinajstić information content (AvgIpc) is 2.57. The van der Waals surface area contributed by atoms with Crippen molar-refractivity contribution in [2.45, 2.75) is 46.1 Å². The number of carbonyl (C=O) groups is 1. The van der Waals surface area contributed by atoms with Crippen LogP contribution in [0.25, 0.3) is 0 Å². The molecule has 2 amide bonds. The van der Waals surface area contributed by atoms with E-state index < -0.39 is 0 Å². The first kappa shape index (κ1) is 19.3. The number of hydrogen-bond acceptors (Lipinski definition) is 2. The van der Waals surface area contributed by atoms with Crippen molar-refractivity contribution in [3.8, 4) is 0 Å². The summed E-state index contributed by atoms with van der Waals surface area (Å²) in [5.41, 5.74) is 2.83. The van der Waals surface area contributed by atoms with Crippen LogP contribution in [0.2, 0.25) is 5.02 Å². The highest BCUT2D eigenvalue weighted by molar-refractivity contribution is 6.31. The molecule has 134 valence electrons. The first-order valence-corrected chi connectivity index (χ1v) is 8.68. The lowest BCUT2D eigenvalue weighted by atomic mass is 10.1. The molecule has 0 radical (unpaired) electrons. The van der Waals surface area contributed by atoms with E-state index in [0.29, 0.717) is 24.7 Å². The van der Waals surface area contributed by atoms with Crippen molar-refractivity contribution in [3.05, 3.63) is 70.2 Å². The molecule has 2 N–H and O–H groups in total. The normalized spacial score (nSPS) is 11.2. The van der Waals surface area contributed by atoms with E-state index in [2.05, 4.69) is 10.6 Å². The van der Waals surface area contributed by atoms with Crippen molar-refractivity contribution < 1.29 is 9.53 Å². The van der Waals surface area contributed by atoms with Crippen LogP contribution < -0.4 is 10.6 Å². The van der Waals surface area contributed by atoms with E-state index in [0.717, 1.165) is 16.7 Å². The molecule has 2 aromatic rings. The maximum atomic E-state index is 12.0. The number of hydrogen-bond donors (Lipinski definition) is 2. The molecule has 0 aliphatic rings. The SMILES string of the molecule is CC(C)(C)OCc1cccc(CNC(=O)NCc2ccccc2Cl)c1. The zero-order valence-electron chi connectivity index (χ0n) is 14.9. The smallest absolute Gasteiger partial charge is 0.315 e.